The van der Waals surface area contributed by atoms with Gasteiger partial charge < -0.3 is 14.8 Å². The number of nitrogens with zero attached hydrogens (tertiary/aromatic N) is 5. The molecule has 0 amide bonds. The molecule has 0 aliphatic heterocycles. The molecule has 3 saturated carbocycles. The van der Waals surface area contributed by atoms with Gasteiger partial charge in [-0.05, 0) is 72.4 Å². The Bertz CT molecular complexity index is 2320. The standard InChI is InChI=1S/C42H34ClFN6O3/c43-30-23-31-36(39-47-37(32-17-10-22-53-32)34(44)38(48-39)46-35-26-20-18-25(19-21-26)33(35)41(51)52)49-50(40(31)45-24-30)42(27-11-4-1-5-12-27,28-13-6-2-7-14-28)29-15-8-3-9-16-29/h1-17,22-26,33,35H,18-21H2,(H,51,52)(H,46,47,48). The number of aliphatic carboxylic acids is 1. The summed E-state index contributed by atoms with van der Waals surface area (Å²) in [5.41, 5.74) is 2.48. The lowest BCUT2D eigenvalue weighted by molar-refractivity contribution is -0.148. The minimum Gasteiger partial charge on any atom is -0.481 e. The zero-order valence-corrected chi connectivity index (χ0v) is 29.2. The van der Waals surface area contributed by atoms with E-state index in [1.54, 1.807) is 24.4 Å². The number of carboxylic acid groups (broad SMARTS) is 1. The van der Waals surface area contributed by atoms with Crippen LogP contribution >= 0.6 is 11.6 Å². The van der Waals surface area contributed by atoms with Gasteiger partial charge in [-0.2, -0.15) is 5.10 Å². The molecule has 3 aliphatic rings. The molecule has 53 heavy (non-hydrogen) atoms. The lowest BCUT2D eigenvalue weighted by Gasteiger charge is -2.47. The highest BCUT2D eigenvalue weighted by Crippen LogP contribution is 2.47. The van der Waals surface area contributed by atoms with Crippen molar-refractivity contribution in [2.24, 2.45) is 17.8 Å². The minimum atomic E-state index is -1.04. The van der Waals surface area contributed by atoms with Crippen molar-refractivity contribution in [3.8, 4) is 23.0 Å². The Morgan fingerprint density at radius 3 is 2.00 bits per heavy atom. The van der Waals surface area contributed by atoms with Gasteiger partial charge in [0.1, 0.15) is 16.9 Å². The summed E-state index contributed by atoms with van der Waals surface area (Å²) < 4.78 is 24.2. The van der Waals surface area contributed by atoms with Crippen LogP contribution in [-0.4, -0.2) is 41.9 Å². The number of carboxylic acids is 1. The highest BCUT2D eigenvalue weighted by molar-refractivity contribution is 6.31. The molecule has 0 spiro atoms. The number of anilines is 1. The molecule has 11 heteroatoms. The Hall–Kier alpha value is -5.87. The van der Waals surface area contributed by atoms with Gasteiger partial charge in [-0.3, -0.25) is 4.79 Å². The van der Waals surface area contributed by atoms with E-state index in [9.17, 15) is 9.90 Å². The number of pyridine rings is 1. The average Bonchev–Trinajstić information content (AvgIpc) is 3.87. The van der Waals surface area contributed by atoms with Gasteiger partial charge in [-0.15, -0.1) is 0 Å². The molecule has 2 bridgehead atoms. The number of halogens is 2. The van der Waals surface area contributed by atoms with Crippen molar-refractivity contribution < 1.29 is 18.7 Å². The summed E-state index contributed by atoms with van der Waals surface area (Å²) in [5, 5.41) is 19.8. The highest BCUT2D eigenvalue weighted by atomic mass is 35.5. The quantitative estimate of drug-likeness (QED) is 0.142. The van der Waals surface area contributed by atoms with E-state index in [0.29, 0.717) is 21.7 Å². The van der Waals surface area contributed by atoms with Gasteiger partial charge in [0.05, 0.1) is 22.6 Å². The van der Waals surface area contributed by atoms with Crippen LogP contribution in [0.15, 0.2) is 126 Å². The number of fused-ring (bicyclic) bond motifs is 4. The van der Waals surface area contributed by atoms with E-state index < -0.39 is 29.3 Å². The van der Waals surface area contributed by atoms with Crippen molar-refractivity contribution in [3.63, 3.8) is 0 Å². The predicted molar refractivity (Wildman–Crippen MR) is 200 cm³/mol. The molecular weight excluding hydrogens is 691 g/mol. The number of furan rings is 1. The maximum Gasteiger partial charge on any atom is 0.308 e. The first-order chi connectivity index (χ1) is 25.9. The number of aromatic nitrogens is 5. The van der Waals surface area contributed by atoms with Crippen molar-refractivity contribution in [1.82, 2.24) is 24.7 Å². The number of hydrogen-bond acceptors (Lipinski definition) is 7. The summed E-state index contributed by atoms with van der Waals surface area (Å²) in [6, 6.07) is 34.8. The first kappa shape index (κ1) is 33.0. The first-order valence-electron chi connectivity index (χ1n) is 17.8. The molecule has 2 unspecified atom stereocenters. The van der Waals surface area contributed by atoms with Crippen LogP contribution in [0, 0.1) is 23.6 Å². The van der Waals surface area contributed by atoms with Crippen molar-refractivity contribution in [3.05, 3.63) is 149 Å². The molecular formula is C42H34ClFN6O3. The molecule has 4 heterocycles. The molecule has 3 aliphatic carbocycles. The molecule has 3 aromatic carbocycles. The summed E-state index contributed by atoms with van der Waals surface area (Å²) in [6.07, 6.45) is 6.46. The van der Waals surface area contributed by atoms with E-state index in [1.165, 1.54) is 6.26 Å². The van der Waals surface area contributed by atoms with Crippen LogP contribution in [0.5, 0.6) is 0 Å². The number of hydrogen-bond donors (Lipinski definition) is 2. The average molecular weight is 725 g/mol. The first-order valence-corrected chi connectivity index (χ1v) is 18.1. The maximum atomic E-state index is 16.6. The molecule has 7 aromatic rings. The third-order valence-corrected chi connectivity index (χ3v) is 11.2. The van der Waals surface area contributed by atoms with E-state index in [4.69, 9.17) is 36.1 Å². The Balaban J connectivity index is 1.31. The summed E-state index contributed by atoms with van der Waals surface area (Å²) in [6.45, 7) is 0. The largest absolute Gasteiger partial charge is 0.481 e. The fraction of sp³-hybridized carbons (Fsp3) is 0.214. The van der Waals surface area contributed by atoms with Crippen LogP contribution in [0.25, 0.3) is 34.0 Å². The smallest absolute Gasteiger partial charge is 0.308 e. The Morgan fingerprint density at radius 1 is 0.830 bits per heavy atom. The van der Waals surface area contributed by atoms with Gasteiger partial charge >= 0.3 is 5.97 Å². The highest BCUT2D eigenvalue weighted by Gasteiger charge is 2.48. The van der Waals surface area contributed by atoms with Crippen molar-refractivity contribution in [1.29, 1.82) is 0 Å². The molecule has 2 atom stereocenters. The van der Waals surface area contributed by atoms with Crippen molar-refractivity contribution >= 4 is 34.4 Å². The fourth-order valence-electron chi connectivity index (χ4n) is 8.68. The van der Waals surface area contributed by atoms with Gasteiger partial charge in [0.2, 0.25) is 0 Å². The van der Waals surface area contributed by atoms with Crippen LogP contribution in [0.4, 0.5) is 10.2 Å². The van der Waals surface area contributed by atoms with E-state index in [0.717, 1.165) is 42.4 Å². The van der Waals surface area contributed by atoms with Crippen LogP contribution in [0.3, 0.4) is 0 Å². The summed E-state index contributed by atoms with van der Waals surface area (Å²) >= 11 is 6.65. The minimum absolute atomic E-state index is 0.0128. The third-order valence-electron chi connectivity index (χ3n) is 11.0. The van der Waals surface area contributed by atoms with Gasteiger partial charge in [-0.25, -0.2) is 24.0 Å². The lowest BCUT2D eigenvalue weighted by atomic mass is 9.61. The number of benzene rings is 3. The number of nitrogens with one attached hydrogen (secondary N) is 1. The summed E-state index contributed by atoms with van der Waals surface area (Å²) in [7, 11) is 0. The molecule has 4 aromatic heterocycles. The molecule has 2 N–H and O–H groups in total. The van der Waals surface area contributed by atoms with Crippen LogP contribution in [0.1, 0.15) is 42.4 Å². The van der Waals surface area contributed by atoms with E-state index in [1.807, 2.05) is 59.3 Å². The van der Waals surface area contributed by atoms with Crippen molar-refractivity contribution in [2.75, 3.05) is 5.32 Å². The second kappa shape index (κ2) is 13.3. The Labute approximate surface area is 309 Å². The zero-order valence-electron chi connectivity index (χ0n) is 28.4. The van der Waals surface area contributed by atoms with Gasteiger partial charge in [0.25, 0.3) is 0 Å². The Kier molecular flexibility index (Phi) is 8.26. The molecule has 0 saturated heterocycles. The predicted octanol–water partition coefficient (Wildman–Crippen LogP) is 9.08. The molecule has 3 fully saturated rings. The number of rotatable bonds is 9. The lowest BCUT2D eigenvalue weighted by Crippen LogP contribution is -2.51. The van der Waals surface area contributed by atoms with E-state index in [2.05, 4.69) is 41.7 Å². The van der Waals surface area contributed by atoms with E-state index >= 15 is 4.39 Å². The maximum absolute atomic E-state index is 16.6. The molecule has 0 radical (unpaired) electrons. The Morgan fingerprint density at radius 2 is 1.43 bits per heavy atom. The fourth-order valence-corrected chi connectivity index (χ4v) is 8.83. The second-order valence-corrected chi connectivity index (χ2v) is 14.3. The van der Waals surface area contributed by atoms with Crippen LogP contribution < -0.4 is 5.32 Å². The van der Waals surface area contributed by atoms with Gasteiger partial charge in [0.15, 0.2) is 28.9 Å². The zero-order chi connectivity index (χ0) is 36.1. The molecule has 9 nitrogen and oxygen atoms in total. The second-order valence-electron chi connectivity index (χ2n) is 13.8. The van der Waals surface area contributed by atoms with Crippen LogP contribution in [0.2, 0.25) is 5.02 Å². The third kappa shape index (κ3) is 5.47. The molecule has 264 valence electrons. The summed E-state index contributed by atoms with van der Waals surface area (Å²) in [5.74, 6) is -2.02. The van der Waals surface area contributed by atoms with Crippen LogP contribution in [-0.2, 0) is 10.3 Å². The van der Waals surface area contributed by atoms with Gasteiger partial charge in [0, 0.05) is 12.2 Å². The molecule has 10 rings (SSSR count). The van der Waals surface area contributed by atoms with E-state index in [-0.39, 0.29) is 34.9 Å². The normalized spacial score (nSPS) is 19.7. The van der Waals surface area contributed by atoms with Crippen molar-refractivity contribution in [2.45, 2.75) is 37.3 Å². The topological polar surface area (TPSA) is 119 Å². The monoisotopic (exact) mass is 724 g/mol. The van der Waals surface area contributed by atoms with Gasteiger partial charge in [-0.1, -0.05) is 103 Å². The summed E-state index contributed by atoms with van der Waals surface area (Å²) in [4.78, 5) is 27.0. The SMILES string of the molecule is O=C(O)C1C2CCC(CC2)C1Nc1nc(-c2nn(C(c3ccccc3)(c3ccccc3)c3ccccc3)c3ncc(Cl)cc23)nc(-c2ccco2)c1F. The number of carbonyl (C=O) groups is 1.